The minimum absolute atomic E-state index is 0.183. The van der Waals surface area contributed by atoms with Gasteiger partial charge in [-0.15, -0.1) is 11.3 Å². The summed E-state index contributed by atoms with van der Waals surface area (Å²) in [5.41, 5.74) is 11.4. The van der Waals surface area contributed by atoms with Crippen molar-refractivity contribution in [2.45, 2.75) is 83.1 Å². The van der Waals surface area contributed by atoms with Crippen LogP contribution in [0, 0.1) is 52.4 Å². The standard InChI is InChI=1S/C32H44S/c1-21-23(3)28(18-20-32(10,11)12)24(4)22(2)27(21)16-17-30-26(6)25(5)29(33-30)15-13-14-19-31(7,8)9/h13-20H,1-12H3/b15-13+,17-16+,19-14+,20-18+. The highest BCUT2D eigenvalue weighted by molar-refractivity contribution is 7.14. The summed E-state index contributed by atoms with van der Waals surface area (Å²) in [7, 11) is 0. The van der Waals surface area contributed by atoms with E-state index in [-0.39, 0.29) is 10.8 Å². The lowest BCUT2D eigenvalue weighted by molar-refractivity contribution is 0.544. The topological polar surface area (TPSA) is 0 Å². The number of hydrogen-bond donors (Lipinski definition) is 0. The number of thiophene rings is 1. The van der Waals surface area contributed by atoms with E-state index in [4.69, 9.17) is 0 Å². The van der Waals surface area contributed by atoms with Gasteiger partial charge in [-0.3, -0.25) is 0 Å². The van der Waals surface area contributed by atoms with Crippen molar-refractivity contribution in [3.05, 3.63) is 78.6 Å². The molecule has 0 fully saturated rings. The highest BCUT2D eigenvalue weighted by atomic mass is 32.1. The van der Waals surface area contributed by atoms with Crippen LogP contribution in [0.1, 0.15) is 95.8 Å². The second kappa shape index (κ2) is 10.4. The zero-order valence-electron chi connectivity index (χ0n) is 23.0. The first-order valence-corrected chi connectivity index (χ1v) is 12.9. The van der Waals surface area contributed by atoms with Gasteiger partial charge in [-0.05, 0) is 109 Å². The van der Waals surface area contributed by atoms with Gasteiger partial charge in [0.25, 0.3) is 0 Å². The smallest absolute Gasteiger partial charge is 0.0308 e. The Kier molecular flexibility index (Phi) is 8.57. The Bertz CT molecular complexity index is 1080. The molecule has 2 aromatic rings. The maximum absolute atomic E-state index is 2.33. The maximum atomic E-state index is 2.33. The van der Waals surface area contributed by atoms with Gasteiger partial charge in [0.2, 0.25) is 0 Å². The van der Waals surface area contributed by atoms with Crippen molar-refractivity contribution in [1.82, 2.24) is 0 Å². The van der Waals surface area contributed by atoms with Crippen LogP contribution in [0.2, 0.25) is 0 Å². The van der Waals surface area contributed by atoms with Crippen molar-refractivity contribution < 1.29 is 0 Å². The SMILES string of the molecule is Cc1c(/C=C/C=C/C(C)(C)C)sc(/C=C/c2c(C)c(C)c(/C=C/C(C)(C)C)c(C)c2C)c1C. The van der Waals surface area contributed by atoms with Crippen molar-refractivity contribution in [3.63, 3.8) is 0 Å². The Balaban J connectivity index is 2.41. The minimum atomic E-state index is 0.183. The van der Waals surface area contributed by atoms with Crippen LogP contribution in [0.4, 0.5) is 0 Å². The molecule has 1 aromatic heterocycles. The van der Waals surface area contributed by atoms with E-state index in [0.29, 0.717) is 0 Å². The molecule has 0 unspecified atom stereocenters. The summed E-state index contributed by atoms with van der Waals surface area (Å²) in [5.74, 6) is 0. The Morgan fingerprint density at radius 2 is 0.879 bits per heavy atom. The third-order valence-electron chi connectivity index (χ3n) is 6.37. The van der Waals surface area contributed by atoms with E-state index in [1.165, 1.54) is 54.3 Å². The first kappa shape index (κ1) is 27.1. The Morgan fingerprint density at radius 3 is 1.33 bits per heavy atom. The van der Waals surface area contributed by atoms with Crippen LogP contribution in [0.3, 0.4) is 0 Å². The highest BCUT2D eigenvalue weighted by Gasteiger charge is 2.14. The molecule has 0 saturated heterocycles. The number of hydrogen-bond acceptors (Lipinski definition) is 1. The second-order valence-corrected chi connectivity index (χ2v) is 12.6. The van der Waals surface area contributed by atoms with Crippen molar-refractivity contribution in [2.75, 3.05) is 0 Å². The van der Waals surface area contributed by atoms with E-state index in [2.05, 4.69) is 132 Å². The summed E-state index contributed by atoms with van der Waals surface area (Å²) < 4.78 is 0. The van der Waals surface area contributed by atoms with Crippen LogP contribution in [0.15, 0.2) is 24.3 Å². The molecule has 0 aliphatic rings. The Morgan fingerprint density at radius 1 is 0.455 bits per heavy atom. The van der Waals surface area contributed by atoms with E-state index in [1.807, 2.05) is 11.3 Å². The molecule has 0 aliphatic heterocycles. The highest BCUT2D eigenvalue weighted by Crippen LogP contribution is 2.33. The van der Waals surface area contributed by atoms with Crippen LogP contribution < -0.4 is 0 Å². The maximum Gasteiger partial charge on any atom is 0.0308 e. The van der Waals surface area contributed by atoms with Crippen LogP contribution >= 0.6 is 11.3 Å². The van der Waals surface area contributed by atoms with Crippen molar-refractivity contribution >= 4 is 35.6 Å². The fourth-order valence-electron chi connectivity index (χ4n) is 3.81. The minimum Gasteiger partial charge on any atom is -0.136 e. The van der Waals surface area contributed by atoms with Crippen LogP contribution in [0.25, 0.3) is 24.3 Å². The van der Waals surface area contributed by atoms with Gasteiger partial charge in [-0.1, -0.05) is 78.0 Å². The predicted molar refractivity (Wildman–Crippen MR) is 154 cm³/mol. The van der Waals surface area contributed by atoms with Gasteiger partial charge in [0.1, 0.15) is 0 Å². The van der Waals surface area contributed by atoms with Gasteiger partial charge < -0.3 is 0 Å². The third-order valence-corrected chi connectivity index (χ3v) is 7.69. The Labute approximate surface area is 207 Å². The molecule has 33 heavy (non-hydrogen) atoms. The molecule has 1 aromatic carbocycles. The molecule has 178 valence electrons. The fraction of sp³-hybridized carbons (Fsp3) is 0.438. The lowest BCUT2D eigenvalue weighted by Crippen LogP contribution is -2.02. The largest absolute Gasteiger partial charge is 0.136 e. The van der Waals surface area contributed by atoms with E-state index >= 15 is 0 Å². The van der Waals surface area contributed by atoms with E-state index in [1.54, 1.807) is 0 Å². The molecule has 0 spiro atoms. The molecular weight excluding hydrogens is 416 g/mol. The summed E-state index contributed by atoms with van der Waals surface area (Å²) in [5, 5.41) is 0. The summed E-state index contributed by atoms with van der Waals surface area (Å²) >= 11 is 1.88. The molecule has 0 bridgehead atoms. The summed E-state index contributed by atoms with van der Waals surface area (Å²) in [6, 6.07) is 0. The molecule has 0 N–H and O–H groups in total. The number of benzene rings is 1. The van der Waals surface area contributed by atoms with Gasteiger partial charge in [0.15, 0.2) is 0 Å². The molecular formula is C32H44S. The van der Waals surface area contributed by atoms with Gasteiger partial charge in [-0.25, -0.2) is 0 Å². The molecule has 0 atom stereocenters. The average molecular weight is 461 g/mol. The average Bonchev–Trinajstić information content (AvgIpc) is 2.96. The monoisotopic (exact) mass is 460 g/mol. The van der Waals surface area contributed by atoms with Gasteiger partial charge >= 0.3 is 0 Å². The summed E-state index contributed by atoms with van der Waals surface area (Å²) in [6.45, 7) is 26.9. The predicted octanol–water partition coefficient (Wildman–Crippen LogP) is 10.4. The number of allylic oxidation sites excluding steroid dienone is 4. The van der Waals surface area contributed by atoms with Crippen LogP contribution in [-0.4, -0.2) is 0 Å². The van der Waals surface area contributed by atoms with E-state index in [9.17, 15) is 0 Å². The number of rotatable bonds is 5. The third kappa shape index (κ3) is 7.18. The van der Waals surface area contributed by atoms with Gasteiger partial charge in [-0.2, -0.15) is 0 Å². The zero-order chi connectivity index (χ0) is 25.1. The molecule has 0 radical (unpaired) electrons. The lowest BCUT2D eigenvalue weighted by atomic mass is 9.87. The quantitative estimate of drug-likeness (QED) is 0.389. The first-order valence-electron chi connectivity index (χ1n) is 12.1. The fourth-order valence-corrected chi connectivity index (χ4v) is 4.94. The van der Waals surface area contributed by atoms with E-state index in [0.717, 1.165) is 0 Å². The first-order chi connectivity index (χ1) is 15.1. The molecule has 1 heteroatoms. The molecule has 2 rings (SSSR count). The zero-order valence-corrected chi connectivity index (χ0v) is 23.8. The van der Waals surface area contributed by atoms with Crippen LogP contribution in [0.5, 0.6) is 0 Å². The molecule has 1 heterocycles. The Hall–Kier alpha value is -2.12. The molecule has 0 amide bonds. The molecule has 0 aliphatic carbocycles. The van der Waals surface area contributed by atoms with Gasteiger partial charge in [0, 0.05) is 9.75 Å². The summed E-state index contributed by atoms with van der Waals surface area (Å²) in [6.07, 6.45) is 18.1. The lowest BCUT2D eigenvalue weighted by Gasteiger charge is -2.18. The summed E-state index contributed by atoms with van der Waals surface area (Å²) in [4.78, 5) is 2.69. The molecule has 0 saturated carbocycles. The van der Waals surface area contributed by atoms with Gasteiger partial charge in [0.05, 0.1) is 0 Å². The molecule has 0 nitrogen and oxygen atoms in total. The second-order valence-electron chi connectivity index (χ2n) is 11.5. The van der Waals surface area contributed by atoms with Crippen molar-refractivity contribution in [2.24, 2.45) is 10.8 Å². The van der Waals surface area contributed by atoms with Crippen LogP contribution in [-0.2, 0) is 0 Å². The van der Waals surface area contributed by atoms with Crippen molar-refractivity contribution in [3.8, 4) is 0 Å². The normalized spacial score (nSPS) is 13.6. The van der Waals surface area contributed by atoms with E-state index < -0.39 is 0 Å². The van der Waals surface area contributed by atoms with Crippen molar-refractivity contribution in [1.29, 1.82) is 0 Å².